The Morgan fingerprint density at radius 1 is 1.17 bits per heavy atom. The van der Waals surface area contributed by atoms with Crippen molar-refractivity contribution in [2.75, 3.05) is 14.2 Å². The maximum absolute atomic E-state index is 5.40. The van der Waals surface area contributed by atoms with E-state index in [1.54, 1.807) is 37.5 Å². The van der Waals surface area contributed by atoms with Gasteiger partial charge in [0.15, 0.2) is 17.3 Å². The van der Waals surface area contributed by atoms with E-state index in [9.17, 15) is 0 Å². The van der Waals surface area contributed by atoms with Crippen LogP contribution >= 0.6 is 12.2 Å². The second-order valence-corrected chi connectivity index (χ2v) is 5.11. The predicted octanol–water partition coefficient (Wildman–Crippen LogP) is 2.90. The summed E-state index contributed by atoms with van der Waals surface area (Å²) in [5.74, 6) is 1.83. The van der Waals surface area contributed by atoms with Gasteiger partial charge in [-0.1, -0.05) is 6.07 Å². The van der Waals surface area contributed by atoms with E-state index in [0.29, 0.717) is 22.1 Å². The Hall–Kier alpha value is -3.00. The summed E-state index contributed by atoms with van der Waals surface area (Å²) < 4.78 is 12.6. The summed E-state index contributed by atoms with van der Waals surface area (Å²) in [6.07, 6.45) is 5.02. The first kappa shape index (κ1) is 15.9. The second kappa shape index (κ2) is 7.05. The molecule has 0 saturated carbocycles. The maximum Gasteiger partial charge on any atom is 0.216 e. The summed E-state index contributed by atoms with van der Waals surface area (Å²) in [6.45, 7) is 0. The summed E-state index contributed by atoms with van der Waals surface area (Å²) in [7, 11) is 3.17. The fourth-order valence-corrected chi connectivity index (χ4v) is 2.40. The third kappa shape index (κ3) is 3.04. The summed E-state index contributed by atoms with van der Waals surface area (Å²) in [5, 5.41) is 11.4. The van der Waals surface area contributed by atoms with Crippen LogP contribution in [0.3, 0.4) is 0 Å². The van der Waals surface area contributed by atoms with Crippen LogP contribution in [0.15, 0.2) is 47.8 Å². The first-order valence-electron chi connectivity index (χ1n) is 7.07. The van der Waals surface area contributed by atoms with Crippen LogP contribution in [0.5, 0.6) is 11.5 Å². The number of rotatable bonds is 5. The van der Waals surface area contributed by atoms with Crippen LogP contribution in [-0.4, -0.2) is 40.3 Å². The van der Waals surface area contributed by atoms with Crippen molar-refractivity contribution >= 4 is 18.4 Å². The monoisotopic (exact) mass is 341 g/mol. The lowest BCUT2D eigenvalue weighted by Gasteiger charge is -2.09. The highest BCUT2D eigenvalue weighted by Crippen LogP contribution is 2.29. The molecule has 0 amide bonds. The number of aromatic nitrogens is 4. The number of nitrogens with zero attached hydrogens (tertiary/aromatic N) is 4. The highest BCUT2D eigenvalue weighted by Gasteiger charge is 2.10. The minimum atomic E-state index is 0.389. The average molecular weight is 341 g/mol. The molecular weight excluding hydrogens is 326 g/mol. The number of ether oxygens (including phenoxy) is 2. The molecular formula is C16H15N5O2S. The van der Waals surface area contributed by atoms with E-state index in [4.69, 9.17) is 21.7 Å². The molecule has 2 aromatic heterocycles. The average Bonchev–Trinajstić information content (AvgIpc) is 3.00. The van der Waals surface area contributed by atoms with Crippen LogP contribution in [0.25, 0.3) is 11.4 Å². The summed E-state index contributed by atoms with van der Waals surface area (Å²) in [5.41, 5.74) is 1.62. The van der Waals surface area contributed by atoms with E-state index in [2.05, 4.69) is 20.3 Å². The zero-order chi connectivity index (χ0) is 16.9. The van der Waals surface area contributed by atoms with Crippen molar-refractivity contribution in [1.82, 2.24) is 19.9 Å². The van der Waals surface area contributed by atoms with E-state index >= 15 is 0 Å². The molecule has 122 valence electrons. The normalized spacial score (nSPS) is 10.9. The van der Waals surface area contributed by atoms with Crippen LogP contribution in [0.2, 0.25) is 0 Å². The van der Waals surface area contributed by atoms with Gasteiger partial charge < -0.3 is 9.47 Å². The van der Waals surface area contributed by atoms with Crippen molar-refractivity contribution in [3.05, 3.63) is 53.1 Å². The lowest BCUT2D eigenvalue weighted by atomic mass is 10.2. The topological polar surface area (TPSA) is 77.3 Å². The van der Waals surface area contributed by atoms with Gasteiger partial charge in [0.1, 0.15) is 0 Å². The van der Waals surface area contributed by atoms with Crippen molar-refractivity contribution in [2.24, 2.45) is 5.10 Å². The number of nitrogens with one attached hydrogen (secondary N) is 1. The fourth-order valence-electron chi connectivity index (χ4n) is 2.22. The molecule has 0 saturated heterocycles. The molecule has 1 aromatic carbocycles. The lowest BCUT2D eigenvalue weighted by Crippen LogP contribution is -1.98. The summed E-state index contributed by atoms with van der Waals surface area (Å²) in [4.78, 5) is 4.00. The van der Waals surface area contributed by atoms with E-state index in [-0.39, 0.29) is 0 Å². The standard InChI is InChI=1S/C16H15N5O2S/c1-22-13-5-3-4-12(14(13)23-2)10-18-21-15(19-20-16(21)24)11-6-8-17-9-7-11/h3-10H,1-2H3,(H,20,24). The van der Waals surface area contributed by atoms with Crippen LogP contribution in [0, 0.1) is 4.77 Å². The lowest BCUT2D eigenvalue weighted by molar-refractivity contribution is 0.354. The summed E-state index contributed by atoms with van der Waals surface area (Å²) in [6, 6.07) is 9.23. The first-order chi connectivity index (χ1) is 11.7. The van der Waals surface area contributed by atoms with Crippen LogP contribution in [0.4, 0.5) is 0 Å². The number of hydrogen-bond donors (Lipinski definition) is 1. The third-order valence-corrected chi connectivity index (χ3v) is 3.60. The Balaban J connectivity index is 2.03. The maximum atomic E-state index is 5.40. The number of hydrogen-bond acceptors (Lipinski definition) is 6. The van der Waals surface area contributed by atoms with Crippen LogP contribution in [-0.2, 0) is 0 Å². The van der Waals surface area contributed by atoms with Crippen molar-refractivity contribution in [3.8, 4) is 22.9 Å². The molecule has 2 heterocycles. The molecule has 7 nitrogen and oxygen atoms in total. The molecule has 24 heavy (non-hydrogen) atoms. The highest BCUT2D eigenvalue weighted by molar-refractivity contribution is 7.71. The fraction of sp³-hybridized carbons (Fsp3) is 0.125. The molecule has 0 atom stereocenters. The zero-order valence-corrected chi connectivity index (χ0v) is 13.9. The number of methoxy groups -OCH3 is 2. The largest absolute Gasteiger partial charge is 0.493 e. The van der Waals surface area contributed by atoms with Gasteiger partial charge in [0.05, 0.1) is 20.4 Å². The van der Waals surface area contributed by atoms with Crippen molar-refractivity contribution < 1.29 is 9.47 Å². The number of benzene rings is 1. The van der Waals surface area contributed by atoms with Crippen LogP contribution < -0.4 is 9.47 Å². The molecule has 0 spiro atoms. The van der Waals surface area contributed by atoms with Gasteiger partial charge in [-0.05, 0) is 36.5 Å². The minimum Gasteiger partial charge on any atom is -0.493 e. The van der Waals surface area contributed by atoms with Crippen molar-refractivity contribution in [2.45, 2.75) is 0 Å². The quantitative estimate of drug-likeness (QED) is 0.570. The molecule has 1 N–H and O–H groups in total. The first-order valence-corrected chi connectivity index (χ1v) is 7.48. The van der Waals surface area contributed by atoms with Crippen molar-refractivity contribution in [3.63, 3.8) is 0 Å². The second-order valence-electron chi connectivity index (χ2n) is 4.73. The van der Waals surface area contributed by atoms with E-state index in [1.807, 2.05) is 30.3 Å². The molecule has 0 radical (unpaired) electrons. The minimum absolute atomic E-state index is 0.389. The Morgan fingerprint density at radius 2 is 1.96 bits per heavy atom. The van der Waals surface area contributed by atoms with Gasteiger partial charge in [-0.2, -0.15) is 14.9 Å². The van der Waals surface area contributed by atoms with Gasteiger partial charge in [0, 0.05) is 23.5 Å². The van der Waals surface area contributed by atoms with Crippen molar-refractivity contribution in [1.29, 1.82) is 0 Å². The molecule has 0 aliphatic rings. The number of aromatic amines is 1. The molecule has 0 aliphatic carbocycles. The van der Waals surface area contributed by atoms with Gasteiger partial charge in [-0.25, -0.2) is 5.10 Å². The van der Waals surface area contributed by atoms with Gasteiger partial charge in [0.2, 0.25) is 4.77 Å². The highest BCUT2D eigenvalue weighted by atomic mass is 32.1. The molecule has 0 bridgehead atoms. The van der Waals surface area contributed by atoms with Gasteiger partial charge in [0.25, 0.3) is 0 Å². The zero-order valence-electron chi connectivity index (χ0n) is 13.1. The molecule has 3 rings (SSSR count). The molecule has 0 aliphatic heterocycles. The number of pyridine rings is 1. The SMILES string of the molecule is COc1cccc(C=Nn2c(-c3ccncc3)n[nH]c2=S)c1OC. The molecule has 3 aromatic rings. The van der Waals surface area contributed by atoms with Gasteiger partial charge >= 0.3 is 0 Å². The van der Waals surface area contributed by atoms with E-state index in [0.717, 1.165) is 11.1 Å². The Kier molecular flexibility index (Phi) is 4.66. The van der Waals surface area contributed by atoms with Gasteiger partial charge in [-0.3, -0.25) is 4.98 Å². The van der Waals surface area contributed by atoms with Gasteiger partial charge in [-0.15, -0.1) is 0 Å². The third-order valence-electron chi connectivity index (χ3n) is 3.33. The molecule has 0 fully saturated rings. The Bertz CT molecular complexity index is 918. The van der Waals surface area contributed by atoms with E-state index < -0.39 is 0 Å². The molecule has 0 unspecified atom stereocenters. The Labute approximate surface area is 143 Å². The number of H-pyrrole nitrogens is 1. The predicted molar refractivity (Wildman–Crippen MR) is 93.2 cm³/mol. The van der Waals surface area contributed by atoms with Crippen LogP contribution in [0.1, 0.15) is 5.56 Å². The smallest absolute Gasteiger partial charge is 0.216 e. The Morgan fingerprint density at radius 3 is 2.67 bits per heavy atom. The molecule has 8 heteroatoms. The number of para-hydroxylation sites is 1. The summed E-state index contributed by atoms with van der Waals surface area (Å²) >= 11 is 5.26. The van der Waals surface area contributed by atoms with E-state index in [1.165, 1.54) is 0 Å².